The van der Waals surface area contributed by atoms with Gasteiger partial charge in [0.25, 0.3) is 5.91 Å². The van der Waals surface area contributed by atoms with Crippen LogP contribution in [-0.4, -0.2) is 50.0 Å². The molecule has 0 radical (unpaired) electrons. The fraction of sp³-hybridized carbons (Fsp3) is 0.562. The van der Waals surface area contributed by atoms with Gasteiger partial charge in [-0.25, -0.2) is 4.39 Å². The Kier molecular flexibility index (Phi) is 4.90. The summed E-state index contributed by atoms with van der Waals surface area (Å²) in [6.45, 7) is 2.69. The van der Waals surface area contributed by atoms with Crippen LogP contribution in [0.25, 0.3) is 0 Å². The van der Waals surface area contributed by atoms with Gasteiger partial charge in [0.05, 0.1) is 13.2 Å². The molecule has 22 heavy (non-hydrogen) atoms. The number of carbonyl (C=O) groups is 1. The van der Waals surface area contributed by atoms with E-state index in [-0.39, 0.29) is 24.6 Å². The molecule has 1 aromatic carbocycles. The highest BCUT2D eigenvalue weighted by molar-refractivity contribution is 5.77. The molecule has 120 valence electrons. The van der Waals surface area contributed by atoms with E-state index in [1.807, 2.05) is 0 Å². The molecule has 2 heterocycles. The van der Waals surface area contributed by atoms with E-state index >= 15 is 0 Å². The molecule has 2 aliphatic rings. The van der Waals surface area contributed by atoms with Gasteiger partial charge in [-0.05, 0) is 37.1 Å². The van der Waals surface area contributed by atoms with E-state index in [1.165, 1.54) is 24.3 Å². The van der Waals surface area contributed by atoms with Gasteiger partial charge in [0.15, 0.2) is 12.9 Å². The fourth-order valence-corrected chi connectivity index (χ4v) is 2.84. The third-order valence-electron chi connectivity index (χ3n) is 4.10. The number of halogens is 1. The molecule has 5 nitrogen and oxygen atoms in total. The molecule has 3 rings (SSSR count). The first-order chi connectivity index (χ1) is 10.7. The molecule has 6 heteroatoms. The van der Waals surface area contributed by atoms with Crippen molar-refractivity contribution >= 4 is 5.91 Å². The zero-order valence-corrected chi connectivity index (χ0v) is 12.4. The Morgan fingerprint density at radius 2 is 1.82 bits per heavy atom. The maximum atomic E-state index is 12.8. The minimum atomic E-state index is -0.322. The van der Waals surface area contributed by atoms with Crippen LogP contribution in [0.5, 0.6) is 5.75 Å². The molecule has 0 atom stereocenters. The summed E-state index contributed by atoms with van der Waals surface area (Å²) in [4.78, 5) is 13.9. The van der Waals surface area contributed by atoms with Gasteiger partial charge < -0.3 is 19.1 Å². The monoisotopic (exact) mass is 309 g/mol. The Morgan fingerprint density at radius 1 is 1.18 bits per heavy atom. The molecule has 2 aliphatic heterocycles. The highest BCUT2D eigenvalue weighted by atomic mass is 19.1. The second kappa shape index (κ2) is 7.07. The molecule has 0 bridgehead atoms. The average Bonchev–Trinajstić information content (AvgIpc) is 3.09. The lowest BCUT2D eigenvalue weighted by Crippen LogP contribution is -2.43. The van der Waals surface area contributed by atoms with E-state index in [0.717, 1.165) is 12.8 Å². The summed E-state index contributed by atoms with van der Waals surface area (Å²) < 4.78 is 29.2. The lowest BCUT2D eigenvalue weighted by molar-refractivity contribution is -0.138. The summed E-state index contributed by atoms with van der Waals surface area (Å²) in [6, 6.07) is 5.66. The number of hydrogen-bond donors (Lipinski definition) is 0. The van der Waals surface area contributed by atoms with E-state index in [2.05, 4.69) is 0 Å². The largest absolute Gasteiger partial charge is 0.484 e. The first-order valence-corrected chi connectivity index (χ1v) is 7.62. The van der Waals surface area contributed by atoms with Crippen molar-refractivity contribution in [3.8, 4) is 5.75 Å². The van der Waals surface area contributed by atoms with Crippen LogP contribution in [0.2, 0.25) is 0 Å². The van der Waals surface area contributed by atoms with Gasteiger partial charge in [-0.15, -0.1) is 0 Å². The summed E-state index contributed by atoms with van der Waals surface area (Å²) in [5.74, 6) is 0.495. The number of amides is 1. The minimum absolute atomic E-state index is 0.0211. The van der Waals surface area contributed by atoms with Crippen LogP contribution >= 0.6 is 0 Å². The molecule has 2 saturated heterocycles. The number of rotatable bonds is 4. The molecule has 2 fully saturated rings. The lowest BCUT2D eigenvalue weighted by Gasteiger charge is -2.33. The minimum Gasteiger partial charge on any atom is -0.484 e. The highest BCUT2D eigenvalue weighted by Gasteiger charge is 2.31. The highest BCUT2D eigenvalue weighted by Crippen LogP contribution is 2.25. The SMILES string of the molecule is O=C(COc1ccc(F)cc1)N1CCC(C2OCCO2)CC1. The molecule has 0 N–H and O–H groups in total. The fourth-order valence-electron chi connectivity index (χ4n) is 2.84. The number of ether oxygens (including phenoxy) is 3. The van der Waals surface area contributed by atoms with Gasteiger partial charge in [0.2, 0.25) is 0 Å². The van der Waals surface area contributed by atoms with Crippen LogP contribution in [-0.2, 0) is 14.3 Å². The zero-order chi connectivity index (χ0) is 15.4. The number of likely N-dealkylation sites (tertiary alicyclic amines) is 1. The van der Waals surface area contributed by atoms with Crippen LogP contribution in [0, 0.1) is 11.7 Å². The van der Waals surface area contributed by atoms with Crippen molar-refractivity contribution in [3.05, 3.63) is 30.1 Å². The van der Waals surface area contributed by atoms with Gasteiger partial charge in [-0.3, -0.25) is 4.79 Å². The molecule has 0 spiro atoms. The van der Waals surface area contributed by atoms with Crippen molar-refractivity contribution < 1.29 is 23.4 Å². The van der Waals surface area contributed by atoms with E-state index in [9.17, 15) is 9.18 Å². The van der Waals surface area contributed by atoms with E-state index in [0.29, 0.717) is 38.0 Å². The summed E-state index contributed by atoms with van der Waals surface area (Å²) in [5.41, 5.74) is 0. The second-order valence-electron chi connectivity index (χ2n) is 5.57. The van der Waals surface area contributed by atoms with Crippen LogP contribution in [0.3, 0.4) is 0 Å². The quantitative estimate of drug-likeness (QED) is 0.851. The third-order valence-corrected chi connectivity index (χ3v) is 4.10. The van der Waals surface area contributed by atoms with Crippen molar-refractivity contribution in [1.82, 2.24) is 4.90 Å². The number of piperidine rings is 1. The predicted octanol–water partition coefficient (Wildman–Crippen LogP) is 1.82. The van der Waals surface area contributed by atoms with Gasteiger partial charge in [0.1, 0.15) is 11.6 Å². The summed E-state index contributed by atoms with van der Waals surface area (Å²) >= 11 is 0. The second-order valence-corrected chi connectivity index (χ2v) is 5.57. The Hall–Kier alpha value is -1.66. The number of benzene rings is 1. The number of hydrogen-bond acceptors (Lipinski definition) is 4. The number of carbonyl (C=O) groups excluding carboxylic acids is 1. The molecular weight excluding hydrogens is 289 g/mol. The molecule has 0 saturated carbocycles. The topological polar surface area (TPSA) is 48.0 Å². The Bertz CT molecular complexity index is 493. The van der Waals surface area contributed by atoms with Gasteiger partial charge in [0, 0.05) is 19.0 Å². The van der Waals surface area contributed by atoms with Crippen LogP contribution in [0.15, 0.2) is 24.3 Å². The molecule has 1 aromatic rings. The molecule has 1 amide bonds. The first-order valence-electron chi connectivity index (χ1n) is 7.62. The van der Waals surface area contributed by atoms with Gasteiger partial charge in [-0.1, -0.05) is 0 Å². The number of nitrogens with zero attached hydrogens (tertiary/aromatic N) is 1. The predicted molar refractivity (Wildman–Crippen MR) is 76.9 cm³/mol. The Labute approximate surface area is 128 Å². The van der Waals surface area contributed by atoms with Gasteiger partial charge in [-0.2, -0.15) is 0 Å². The van der Waals surface area contributed by atoms with Gasteiger partial charge >= 0.3 is 0 Å². The van der Waals surface area contributed by atoms with Crippen LogP contribution in [0.4, 0.5) is 4.39 Å². The van der Waals surface area contributed by atoms with E-state index in [4.69, 9.17) is 14.2 Å². The summed E-state index contributed by atoms with van der Waals surface area (Å²) in [5, 5.41) is 0. The zero-order valence-electron chi connectivity index (χ0n) is 12.4. The maximum absolute atomic E-state index is 12.8. The van der Waals surface area contributed by atoms with E-state index < -0.39 is 0 Å². The first kappa shape index (κ1) is 15.2. The van der Waals surface area contributed by atoms with Crippen molar-refractivity contribution in [3.63, 3.8) is 0 Å². The smallest absolute Gasteiger partial charge is 0.260 e. The summed E-state index contributed by atoms with van der Waals surface area (Å²) in [7, 11) is 0. The Balaban J connectivity index is 1.42. The van der Waals surface area contributed by atoms with Crippen LogP contribution in [0.1, 0.15) is 12.8 Å². The van der Waals surface area contributed by atoms with Crippen molar-refractivity contribution in [1.29, 1.82) is 0 Å². The Morgan fingerprint density at radius 3 is 2.45 bits per heavy atom. The normalized spacial score (nSPS) is 20.3. The maximum Gasteiger partial charge on any atom is 0.260 e. The van der Waals surface area contributed by atoms with E-state index in [1.54, 1.807) is 4.90 Å². The molecule has 0 aliphatic carbocycles. The molecule has 0 unspecified atom stereocenters. The third kappa shape index (κ3) is 3.75. The average molecular weight is 309 g/mol. The van der Waals surface area contributed by atoms with Crippen molar-refractivity contribution in [2.45, 2.75) is 19.1 Å². The van der Waals surface area contributed by atoms with Crippen molar-refractivity contribution in [2.24, 2.45) is 5.92 Å². The lowest BCUT2D eigenvalue weighted by atomic mass is 9.96. The summed E-state index contributed by atoms with van der Waals surface area (Å²) in [6.07, 6.45) is 1.66. The molecular formula is C16H20FNO4. The molecule has 0 aromatic heterocycles. The van der Waals surface area contributed by atoms with Crippen LogP contribution < -0.4 is 4.74 Å². The van der Waals surface area contributed by atoms with Crippen molar-refractivity contribution in [2.75, 3.05) is 32.9 Å². The standard InChI is InChI=1S/C16H20FNO4/c17-13-1-3-14(4-2-13)22-11-15(19)18-7-5-12(6-8-18)16-20-9-10-21-16/h1-4,12,16H,5-11H2.